The summed E-state index contributed by atoms with van der Waals surface area (Å²) in [6.45, 7) is 2.23. The number of hydrogen-bond donors (Lipinski definition) is 0. The van der Waals surface area contributed by atoms with E-state index in [2.05, 4.69) is 67.6 Å². The van der Waals surface area contributed by atoms with Crippen LogP contribution in [-0.2, 0) is 32.6 Å². The molecule has 0 amide bonds. The molecule has 0 aromatic heterocycles. The van der Waals surface area contributed by atoms with Gasteiger partial charge < -0.3 is 0 Å². The molecule has 26 heavy (non-hydrogen) atoms. The van der Waals surface area contributed by atoms with Crippen LogP contribution in [-0.4, -0.2) is 0 Å². The maximum atomic E-state index is 3.63. The quantitative estimate of drug-likeness (QED) is 0.594. The van der Waals surface area contributed by atoms with Gasteiger partial charge >= 0.3 is 0 Å². The Morgan fingerprint density at radius 3 is 2.50 bits per heavy atom. The van der Waals surface area contributed by atoms with Crippen LogP contribution in [0.25, 0.3) is 23.3 Å². The van der Waals surface area contributed by atoms with Crippen molar-refractivity contribution in [1.29, 1.82) is 0 Å². The number of benzene rings is 2. The average Bonchev–Trinajstić information content (AvgIpc) is 3.06. The third kappa shape index (κ3) is 4.37. The zero-order chi connectivity index (χ0) is 17.1. The standard InChI is InChI=1S/C25H27.Zr/c1-2-7-19-12-14-22(15-13-19)24-11-6-10-23-17-21(18-25(23)24)16-20-8-4-3-5-9-20;/h6,10-16,18,20H,2-5,7-9H2,1H3;/q-1;. The molecule has 0 heterocycles. The van der Waals surface area contributed by atoms with Gasteiger partial charge in [-0.2, -0.15) is 0 Å². The summed E-state index contributed by atoms with van der Waals surface area (Å²) in [4.78, 5) is 0. The molecule has 1 fully saturated rings. The van der Waals surface area contributed by atoms with Gasteiger partial charge in [0.1, 0.15) is 0 Å². The van der Waals surface area contributed by atoms with Crippen LogP contribution in [0.1, 0.15) is 51.0 Å². The fourth-order valence-electron chi connectivity index (χ4n) is 4.21. The van der Waals surface area contributed by atoms with Crippen molar-refractivity contribution < 1.29 is 26.2 Å². The molecule has 0 aliphatic heterocycles. The fourth-order valence-corrected chi connectivity index (χ4v) is 4.21. The molecule has 1 heteroatoms. The Morgan fingerprint density at radius 2 is 1.77 bits per heavy atom. The summed E-state index contributed by atoms with van der Waals surface area (Å²) < 4.78 is 0. The predicted octanol–water partition coefficient (Wildman–Crippen LogP) is 5.26. The van der Waals surface area contributed by atoms with Gasteiger partial charge in [0.15, 0.2) is 0 Å². The summed E-state index contributed by atoms with van der Waals surface area (Å²) in [5, 5.41) is 2.59. The van der Waals surface area contributed by atoms with E-state index < -0.39 is 0 Å². The number of hydrogen-bond acceptors (Lipinski definition) is 0. The summed E-state index contributed by atoms with van der Waals surface area (Å²) >= 11 is 0. The van der Waals surface area contributed by atoms with Gasteiger partial charge in [0, 0.05) is 26.2 Å². The van der Waals surface area contributed by atoms with Crippen LogP contribution in [0.5, 0.6) is 0 Å². The second-order valence-corrected chi connectivity index (χ2v) is 7.50. The van der Waals surface area contributed by atoms with Crippen molar-refractivity contribution in [2.24, 2.45) is 5.92 Å². The minimum Gasteiger partial charge on any atom is -0.145 e. The van der Waals surface area contributed by atoms with Gasteiger partial charge in [-0.15, -0.1) is 40.3 Å². The maximum Gasteiger partial charge on any atom is 0 e. The SMILES string of the molecule is CCCc1ccc(-c2cccc3c2=CC(=CC2CCCCC2)[C-]=3)cc1.[Zr]. The van der Waals surface area contributed by atoms with Crippen LogP contribution in [0.2, 0.25) is 0 Å². The molecule has 0 saturated heterocycles. The number of allylic oxidation sites excluding steroid dienone is 2. The Morgan fingerprint density at radius 1 is 1.00 bits per heavy atom. The Kier molecular flexibility index (Phi) is 6.88. The molecule has 2 aliphatic carbocycles. The van der Waals surface area contributed by atoms with Crippen LogP contribution < -0.4 is 10.4 Å². The summed E-state index contributed by atoms with van der Waals surface area (Å²) in [5.41, 5.74) is 5.37. The molecule has 0 radical (unpaired) electrons. The molecule has 0 bridgehead atoms. The molecule has 2 aromatic carbocycles. The van der Waals surface area contributed by atoms with E-state index in [1.807, 2.05) is 0 Å². The van der Waals surface area contributed by atoms with E-state index in [1.165, 1.54) is 71.2 Å². The fraction of sp³-hybridized carbons (Fsp3) is 0.360. The van der Waals surface area contributed by atoms with E-state index in [0.717, 1.165) is 12.3 Å². The monoisotopic (exact) mass is 417 g/mol. The van der Waals surface area contributed by atoms with Crippen molar-refractivity contribution in [1.82, 2.24) is 0 Å². The first-order valence-corrected chi connectivity index (χ1v) is 9.89. The van der Waals surface area contributed by atoms with E-state index in [4.69, 9.17) is 0 Å². The van der Waals surface area contributed by atoms with Crippen LogP contribution >= 0.6 is 0 Å². The van der Waals surface area contributed by atoms with Crippen molar-refractivity contribution in [3.63, 3.8) is 0 Å². The Labute approximate surface area is 176 Å². The number of aryl methyl sites for hydroxylation is 1. The van der Waals surface area contributed by atoms with Gasteiger partial charge in [0.2, 0.25) is 0 Å². The van der Waals surface area contributed by atoms with Crippen LogP contribution in [0, 0.1) is 5.92 Å². The van der Waals surface area contributed by atoms with Gasteiger partial charge in [0.05, 0.1) is 0 Å². The predicted molar refractivity (Wildman–Crippen MR) is 108 cm³/mol. The van der Waals surface area contributed by atoms with Gasteiger partial charge in [-0.3, -0.25) is 0 Å². The van der Waals surface area contributed by atoms with Crippen LogP contribution in [0.3, 0.4) is 0 Å². The minimum absolute atomic E-state index is 0. The molecule has 0 atom stereocenters. The first kappa shape index (κ1) is 19.6. The molecule has 4 rings (SSSR count). The molecule has 2 aliphatic rings. The first-order chi connectivity index (χ1) is 12.3. The van der Waals surface area contributed by atoms with E-state index in [1.54, 1.807) is 0 Å². The smallest absolute Gasteiger partial charge is 0 e. The second-order valence-electron chi connectivity index (χ2n) is 7.50. The molecule has 2 aromatic rings. The van der Waals surface area contributed by atoms with Crippen LogP contribution in [0.15, 0.2) is 54.1 Å². The summed E-state index contributed by atoms with van der Waals surface area (Å²) in [7, 11) is 0. The van der Waals surface area contributed by atoms with Crippen molar-refractivity contribution >= 4 is 12.2 Å². The summed E-state index contributed by atoms with van der Waals surface area (Å²) in [6, 6.07) is 15.7. The van der Waals surface area contributed by atoms with Crippen molar-refractivity contribution in [3.05, 3.63) is 70.1 Å². The normalized spacial score (nSPS) is 18.0. The zero-order valence-electron chi connectivity index (χ0n) is 15.7. The van der Waals surface area contributed by atoms with Gasteiger partial charge in [-0.25, -0.2) is 0 Å². The van der Waals surface area contributed by atoms with Crippen LogP contribution in [0.4, 0.5) is 0 Å². The molecule has 0 unspecified atom stereocenters. The van der Waals surface area contributed by atoms with Crippen molar-refractivity contribution in [2.45, 2.75) is 51.9 Å². The molecule has 0 nitrogen and oxygen atoms in total. The van der Waals surface area contributed by atoms with E-state index in [9.17, 15) is 0 Å². The Bertz CT molecular complexity index is 881. The summed E-state index contributed by atoms with van der Waals surface area (Å²) in [6.07, 6.45) is 17.7. The zero-order valence-corrected chi connectivity index (χ0v) is 18.2. The Balaban J connectivity index is 0.00000196. The van der Waals surface area contributed by atoms with Gasteiger partial charge in [-0.05, 0) is 23.5 Å². The van der Waals surface area contributed by atoms with Crippen molar-refractivity contribution in [3.8, 4) is 11.1 Å². The van der Waals surface area contributed by atoms with Gasteiger partial charge in [-0.1, -0.05) is 87.4 Å². The molecule has 132 valence electrons. The van der Waals surface area contributed by atoms with E-state index in [0.29, 0.717) is 0 Å². The molecule has 0 spiro atoms. The van der Waals surface area contributed by atoms with Crippen molar-refractivity contribution in [2.75, 3.05) is 0 Å². The van der Waals surface area contributed by atoms with E-state index in [-0.39, 0.29) is 26.2 Å². The molecular weight excluding hydrogens is 391 g/mol. The molecule has 0 N–H and O–H groups in total. The van der Waals surface area contributed by atoms with E-state index >= 15 is 0 Å². The topological polar surface area (TPSA) is 0 Å². The van der Waals surface area contributed by atoms with Gasteiger partial charge in [0.25, 0.3) is 0 Å². The molecule has 1 saturated carbocycles. The maximum absolute atomic E-state index is 3.63. The third-order valence-corrected chi connectivity index (χ3v) is 5.55. The first-order valence-electron chi connectivity index (χ1n) is 9.89. The largest absolute Gasteiger partial charge is 0.145 e. The summed E-state index contributed by atoms with van der Waals surface area (Å²) in [5.74, 6) is 0.749. The minimum atomic E-state index is 0. The Hall–Kier alpha value is -1.20. The second kappa shape index (κ2) is 9.14. The molecular formula is C25H27Zr-. The number of rotatable bonds is 4. The third-order valence-electron chi connectivity index (χ3n) is 5.55. The average molecular weight is 419 g/mol. The number of fused-ring (bicyclic) bond motifs is 1.